The summed E-state index contributed by atoms with van der Waals surface area (Å²) in [5.74, 6) is -2.07. The Hall–Kier alpha value is -3.26. The molecule has 8 heteroatoms. The molecule has 2 N–H and O–H groups in total. The van der Waals surface area contributed by atoms with Gasteiger partial charge in [-0.15, -0.1) is 0 Å². The lowest BCUT2D eigenvalue weighted by molar-refractivity contribution is -0.138. The number of benzene rings is 1. The van der Waals surface area contributed by atoms with Gasteiger partial charge in [0.2, 0.25) is 0 Å². The average Bonchev–Trinajstić information content (AvgIpc) is 3.18. The monoisotopic (exact) mass is 492 g/mol. The molecule has 3 aliphatic rings. The molecule has 4 heterocycles. The highest BCUT2D eigenvalue weighted by molar-refractivity contribution is 6.02. The Labute approximate surface area is 208 Å². The van der Waals surface area contributed by atoms with E-state index in [0.29, 0.717) is 29.8 Å². The van der Waals surface area contributed by atoms with E-state index < -0.39 is 17.6 Å². The van der Waals surface area contributed by atoms with E-state index in [0.717, 1.165) is 73.0 Å². The summed E-state index contributed by atoms with van der Waals surface area (Å²) in [6, 6.07) is 4.97. The maximum absolute atomic E-state index is 14.2. The van der Waals surface area contributed by atoms with Crippen molar-refractivity contribution in [3.63, 3.8) is 0 Å². The van der Waals surface area contributed by atoms with E-state index in [-0.39, 0.29) is 6.42 Å². The fourth-order valence-electron chi connectivity index (χ4n) is 6.43. The van der Waals surface area contributed by atoms with Gasteiger partial charge in [0.25, 0.3) is 0 Å². The molecule has 6 rings (SSSR count). The molecule has 36 heavy (non-hydrogen) atoms. The number of hydrogen-bond acceptors (Lipinski definition) is 4. The highest BCUT2D eigenvalue weighted by atomic mass is 19.2. The van der Waals surface area contributed by atoms with Crippen molar-refractivity contribution in [2.45, 2.75) is 51.1 Å². The van der Waals surface area contributed by atoms with Gasteiger partial charge in [-0.3, -0.25) is 9.69 Å². The number of pyridine rings is 1. The van der Waals surface area contributed by atoms with Gasteiger partial charge in [0, 0.05) is 79.3 Å². The molecule has 2 aliphatic heterocycles. The van der Waals surface area contributed by atoms with E-state index in [4.69, 9.17) is 5.11 Å². The highest BCUT2D eigenvalue weighted by Gasteiger charge is 2.30. The molecular formula is C28H30F2N4O2. The summed E-state index contributed by atoms with van der Waals surface area (Å²) in [5, 5.41) is 10.1. The summed E-state index contributed by atoms with van der Waals surface area (Å²) < 4.78 is 28.4. The maximum atomic E-state index is 14.2. The highest BCUT2D eigenvalue weighted by Crippen LogP contribution is 2.44. The van der Waals surface area contributed by atoms with Crippen LogP contribution in [0.25, 0.3) is 27.7 Å². The summed E-state index contributed by atoms with van der Waals surface area (Å²) in [7, 11) is 1.91. The number of H-pyrrole nitrogens is 1. The van der Waals surface area contributed by atoms with Crippen LogP contribution in [0.3, 0.4) is 0 Å². The van der Waals surface area contributed by atoms with Crippen LogP contribution in [0.5, 0.6) is 0 Å². The zero-order chi connectivity index (χ0) is 25.0. The lowest BCUT2D eigenvalue weighted by Crippen LogP contribution is -2.40. The molecular weight excluding hydrogens is 462 g/mol. The molecule has 0 bridgehead atoms. The summed E-state index contributed by atoms with van der Waals surface area (Å²) in [4.78, 5) is 23.7. The van der Waals surface area contributed by atoms with Crippen LogP contribution in [0.4, 0.5) is 14.5 Å². The van der Waals surface area contributed by atoms with Gasteiger partial charge in [0.05, 0.1) is 0 Å². The van der Waals surface area contributed by atoms with E-state index in [1.807, 2.05) is 18.0 Å². The van der Waals surface area contributed by atoms with Crippen LogP contribution in [0.1, 0.15) is 49.8 Å². The lowest BCUT2D eigenvalue weighted by Gasteiger charge is -2.38. The zero-order valence-electron chi connectivity index (χ0n) is 20.4. The summed E-state index contributed by atoms with van der Waals surface area (Å²) >= 11 is 0. The van der Waals surface area contributed by atoms with Crippen molar-refractivity contribution < 1.29 is 18.7 Å². The smallest absolute Gasteiger partial charge is 0.303 e. The van der Waals surface area contributed by atoms with Crippen molar-refractivity contribution in [3.05, 3.63) is 53.4 Å². The van der Waals surface area contributed by atoms with Gasteiger partial charge < -0.3 is 15.0 Å². The minimum Gasteiger partial charge on any atom is -0.481 e. The number of aromatic nitrogens is 2. The summed E-state index contributed by atoms with van der Waals surface area (Å²) in [6.07, 6.45) is 9.29. The van der Waals surface area contributed by atoms with Crippen molar-refractivity contribution in [2.75, 3.05) is 25.0 Å². The fraction of sp³-hybridized carbons (Fsp3) is 0.429. The Morgan fingerprint density at radius 1 is 1.17 bits per heavy atom. The van der Waals surface area contributed by atoms with Crippen molar-refractivity contribution in [3.8, 4) is 11.1 Å². The third kappa shape index (κ3) is 3.97. The van der Waals surface area contributed by atoms with Crippen molar-refractivity contribution in [2.24, 2.45) is 5.92 Å². The third-order valence-corrected chi connectivity index (χ3v) is 8.29. The minimum atomic E-state index is -0.849. The number of aliphatic carboxylic acids is 1. The Balaban J connectivity index is 1.28. The number of aromatic amines is 1. The van der Waals surface area contributed by atoms with Gasteiger partial charge in [-0.25, -0.2) is 13.8 Å². The third-order valence-electron chi connectivity index (χ3n) is 8.29. The molecule has 1 aliphatic carbocycles. The second-order valence-corrected chi connectivity index (χ2v) is 10.4. The Morgan fingerprint density at radius 2 is 1.94 bits per heavy atom. The van der Waals surface area contributed by atoms with Gasteiger partial charge in [-0.05, 0) is 61.3 Å². The second kappa shape index (κ2) is 9.00. The standard InChI is InChI=1S/C28H30F2N4O2/c1-33-15-21-26-19(20-13-22(29)23(30)14-24(20)33)6-9-31-28(26)32-27(21)17-7-10-34(11-8-17)18-4-2-16(3-5-18)12-25(35)36/h6-7,9,13-14,16,18H,2-5,8,10-12,15H2,1H3,(H,31,32)(H,35,36)/t16-,18+. The van der Waals surface area contributed by atoms with Crippen LogP contribution in [0.2, 0.25) is 0 Å². The number of anilines is 1. The number of rotatable bonds is 4. The van der Waals surface area contributed by atoms with Crippen molar-refractivity contribution in [1.29, 1.82) is 0 Å². The number of carboxylic acids is 1. The molecule has 1 saturated carbocycles. The van der Waals surface area contributed by atoms with E-state index in [1.165, 1.54) is 17.7 Å². The molecule has 6 nitrogen and oxygen atoms in total. The van der Waals surface area contributed by atoms with Gasteiger partial charge in [0.1, 0.15) is 5.65 Å². The van der Waals surface area contributed by atoms with E-state index in [9.17, 15) is 13.6 Å². The molecule has 3 aromatic rings. The molecule has 0 radical (unpaired) electrons. The number of nitrogens with one attached hydrogen (secondary N) is 1. The number of hydrogen-bond donors (Lipinski definition) is 2. The minimum absolute atomic E-state index is 0.285. The van der Waals surface area contributed by atoms with E-state index >= 15 is 0 Å². The zero-order valence-corrected chi connectivity index (χ0v) is 20.4. The quantitative estimate of drug-likeness (QED) is 0.498. The summed E-state index contributed by atoms with van der Waals surface area (Å²) in [5.41, 5.74) is 6.41. The predicted octanol–water partition coefficient (Wildman–Crippen LogP) is 5.58. The molecule has 1 fully saturated rings. The SMILES string of the molecule is CN1Cc2c(C3=CCN([C@H]4CC[C@@H](CC(=O)O)CC4)CC3)[nH]c3nccc(c23)-c2cc(F)c(F)cc21. The van der Waals surface area contributed by atoms with Crippen LogP contribution in [0, 0.1) is 17.6 Å². The van der Waals surface area contributed by atoms with Crippen LogP contribution in [-0.4, -0.2) is 52.1 Å². The first kappa shape index (κ1) is 23.2. The first-order valence-electron chi connectivity index (χ1n) is 12.7. The normalized spacial score (nSPS) is 22.3. The van der Waals surface area contributed by atoms with Crippen LogP contribution in [0.15, 0.2) is 30.5 Å². The molecule has 188 valence electrons. The molecule has 0 amide bonds. The molecule has 1 aromatic carbocycles. The Kier molecular flexibility index (Phi) is 5.79. The van der Waals surface area contributed by atoms with E-state index in [2.05, 4.69) is 20.9 Å². The Morgan fingerprint density at radius 3 is 2.67 bits per heavy atom. The average molecular weight is 493 g/mol. The van der Waals surface area contributed by atoms with Crippen LogP contribution in [-0.2, 0) is 11.3 Å². The number of fused-ring (bicyclic) bond motifs is 2. The van der Waals surface area contributed by atoms with Gasteiger partial charge in [0.15, 0.2) is 11.6 Å². The number of nitrogens with zero attached hydrogens (tertiary/aromatic N) is 3. The molecule has 0 atom stereocenters. The summed E-state index contributed by atoms with van der Waals surface area (Å²) in [6.45, 7) is 2.40. The molecule has 0 unspecified atom stereocenters. The van der Waals surface area contributed by atoms with Gasteiger partial charge in [-0.1, -0.05) is 6.08 Å². The second-order valence-electron chi connectivity index (χ2n) is 10.4. The molecule has 0 saturated heterocycles. The largest absolute Gasteiger partial charge is 0.481 e. The van der Waals surface area contributed by atoms with Crippen LogP contribution >= 0.6 is 0 Å². The van der Waals surface area contributed by atoms with Gasteiger partial charge >= 0.3 is 5.97 Å². The first-order valence-corrected chi connectivity index (χ1v) is 12.7. The lowest BCUT2D eigenvalue weighted by atomic mass is 9.83. The van der Waals surface area contributed by atoms with Crippen molar-refractivity contribution >= 4 is 28.3 Å². The first-order chi connectivity index (χ1) is 17.4. The Bertz CT molecular complexity index is 1370. The molecule has 0 spiro atoms. The van der Waals surface area contributed by atoms with E-state index in [1.54, 1.807) is 6.20 Å². The van der Waals surface area contributed by atoms with Crippen molar-refractivity contribution in [1.82, 2.24) is 14.9 Å². The van der Waals surface area contributed by atoms with Crippen LogP contribution < -0.4 is 4.90 Å². The fourth-order valence-corrected chi connectivity index (χ4v) is 6.43. The topological polar surface area (TPSA) is 72.5 Å². The maximum Gasteiger partial charge on any atom is 0.303 e. The molecule has 2 aromatic heterocycles. The predicted molar refractivity (Wildman–Crippen MR) is 136 cm³/mol. The van der Waals surface area contributed by atoms with Gasteiger partial charge in [-0.2, -0.15) is 0 Å². The number of carbonyl (C=O) groups is 1. The number of halogens is 2. The number of carboxylic acid groups (broad SMARTS) is 1.